The van der Waals surface area contributed by atoms with E-state index in [1.807, 2.05) is 0 Å². The third kappa shape index (κ3) is 0.624. The highest BCUT2D eigenvalue weighted by molar-refractivity contribution is 8.14. The van der Waals surface area contributed by atoms with Gasteiger partial charge in [-0.3, -0.25) is 9.79 Å². The minimum atomic E-state index is -0.248. The van der Waals surface area contributed by atoms with E-state index < -0.39 is 0 Å². The molecule has 0 aromatic rings. The van der Waals surface area contributed by atoms with Gasteiger partial charge in [0.05, 0.1) is 5.55 Å². The van der Waals surface area contributed by atoms with Gasteiger partial charge in [-0.1, -0.05) is 11.8 Å². The van der Waals surface area contributed by atoms with E-state index in [2.05, 4.69) is 4.99 Å². The van der Waals surface area contributed by atoms with E-state index in [0.29, 0.717) is 5.92 Å². The van der Waals surface area contributed by atoms with Crippen molar-refractivity contribution in [2.45, 2.75) is 11.2 Å². The van der Waals surface area contributed by atoms with Crippen LogP contribution < -0.4 is 5.73 Å². The zero-order chi connectivity index (χ0) is 7.19. The van der Waals surface area contributed by atoms with Gasteiger partial charge in [0.2, 0.25) is 5.91 Å². The number of nitrogens with zero attached hydrogens (tertiary/aromatic N) is 1. The highest BCUT2D eigenvalue weighted by Crippen LogP contribution is 2.55. The van der Waals surface area contributed by atoms with Crippen molar-refractivity contribution in [1.82, 2.24) is 0 Å². The highest BCUT2D eigenvalue weighted by Gasteiger charge is 2.60. The molecule has 1 saturated carbocycles. The first-order valence-corrected chi connectivity index (χ1v) is 4.10. The van der Waals surface area contributed by atoms with Gasteiger partial charge in [0.15, 0.2) is 0 Å². The van der Waals surface area contributed by atoms with Crippen LogP contribution in [0.1, 0.15) is 6.42 Å². The molecule has 0 spiro atoms. The number of carbonyl (C=O) groups excluding carboxylic acids is 1. The van der Waals surface area contributed by atoms with Gasteiger partial charge in [-0.25, -0.2) is 0 Å². The van der Waals surface area contributed by atoms with Crippen LogP contribution >= 0.6 is 11.8 Å². The number of carbonyl (C=O) groups is 1. The molecule has 0 radical (unpaired) electrons. The fourth-order valence-corrected chi connectivity index (χ4v) is 2.35. The van der Waals surface area contributed by atoms with E-state index in [1.54, 1.807) is 5.55 Å². The van der Waals surface area contributed by atoms with Crippen molar-refractivity contribution < 1.29 is 4.79 Å². The molecule has 10 heavy (non-hydrogen) atoms. The molecule has 2 N–H and O–H groups in total. The number of fused-ring (bicyclic) bond motifs is 1. The maximum Gasteiger partial charge on any atom is 0.234 e. The van der Waals surface area contributed by atoms with E-state index in [1.165, 1.54) is 11.8 Å². The van der Waals surface area contributed by atoms with Crippen molar-refractivity contribution in [2.75, 3.05) is 6.54 Å². The fourth-order valence-electron chi connectivity index (χ4n) is 1.32. The van der Waals surface area contributed by atoms with Crippen LogP contribution in [0.4, 0.5) is 0 Å². The smallest absolute Gasteiger partial charge is 0.234 e. The first-order chi connectivity index (χ1) is 4.76. The zero-order valence-corrected chi connectivity index (χ0v) is 6.23. The fraction of sp³-hybridized carbons (Fsp3) is 0.667. The summed E-state index contributed by atoms with van der Waals surface area (Å²) in [6, 6.07) is 0. The van der Waals surface area contributed by atoms with E-state index in [-0.39, 0.29) is 10.7 Å². The number of aliphatic imine (C=N–C) groups is 1. The first-order valence-electron chi connectivity index (χ1n) is 3.22. The van der Waals surface area contributed by atoms with E-state index in [9.17, 15) is 4.79 Å². The molecule has 0 aromatic heterocycles. The summed E-state index contributed by atoms with van der Waals surface area (Å²) in [5.74, 6) is 0.258. The molecule has 4 heteroatoms. The standard InChI is InChI=1S/C6H8N2OS/c7-5(9)6-1-4(6)2-8-3-10-6/h3-4H,1-2H2,(H2,7,9). The molecule has 1 amide bonds. The van der Waals surface area contributed by atoms with Crippen molar-refractivity contribution in [1.29, 1.82) is 0 Å². The molecule has 54 valence electrons. The monoisotopic (exact) mass is 156 g/mol. The largest absolute Gasteiger partial charge is 0.368 e. The van der Waals surface area contributed by atoms with Gasteiger partial charge in [-0.2, -0.15) is 0 Å². The van der Waals surface area contributed by atoms with Gasteiger partial charge >= 0.3 is 0 Å². The molecule has 2 rings (SSSR count). The normalized spacial score (nSPS) is 42.6. The van der Waals surface area contributed by atoms with Gasteiger partial charge in [-0.15, -0.1) is 0 Å². The van der Waals surface area contributed by atoms with Crippen molar-refractivity contribution in [3.8, 4) is 0 Å². The molecule has 1 heterocycles. The molecule has 0 saturated heterocycles. The Morgan fingerprint density at radius 2 is 2.70 bits per heavy atom. The SMILES string of the molecule is NC(=O)C12CC1CN=CS2. The lowest BCUT2D eigenvalue weighted by molar-refractivity contribution is -0.118. The summed E-state index contributed by atoms with van der Waals surface area (Å²) in [6.07, 6.45) is 0.924. The predicted molar refractivity (Wildman–Crippen MR) is 41.0 cm³/mol. The molecule has 1 aliphatic carbocycles. The number of hydrogen-bond donors (Lipinski definition) is 1. The Morgan fingerprint density at radius 3 is 3.20 bits per heavy atom. The Morgan fingerprint density at radius 1 is 1.90 bits per heavy atom. The molecule has 2 atom stereocenters. The van der Waals surface area contributed by atoms with Crippen LogP contribution in [-0.2, 0) is 4.79 Å². The molecular weight excluding hydrogens is 148 g/mol. The summed E-state index contributed by atoms with van der Waals surface area (Å²) in [5.41, 5.74) is 6.97. The van der Waals surface area contributed by atoms with Crippen LogP contribution in [0, 0.1) is 5.92 Å². The van der Waals surface area contributed by atoms with Crippen molar-refractivity contribution >= 4 is 23.2 Å². The predicted octanol–water partition coefficient (Wildman–Crippen LogP) is 0.00550. The van der Waals surface area contributed by atoms with Crippen LogP contribution in [0.15, 0.2) is 4.99 Å². The summed E-state index contributed by atoms with van der Waals surface area (Å²) >= 11 is 1.48. The highest BCUT2D eigenvalue weighted by atomic mass is 32.2. The molecule has 1 fully saturated rings. The molecular formula is C6H8N2OS. The van der Waals surface area contributed by atoms with Crippen molar-refractivity contribution in [3.05, 3.63) is 0 Å². The van der Waals surface area contributed by atoms with Crippen molar-refractivity contribution in [3.63, 3.8) is 0 Å². The van der Waals surface area contributed by atoms with E-state index >= 15 is 0 Å². The summed E-state index contributed by atoms with van der Waals surface area (Å²) in [5, 5.41) is 0. The Hall–Kier alpha value is -0.510. The van der Waals surface area contributed by atoms with Crippen LogP contribution in [0.3, 0.4) is 0 Å². The average molecular weight is 156 g/mol. The Balaban J connectivity index is 2.21. The minimum Gasteiger partial charge on any atom is -0.368 e. The van der Waals surface area contributed by atoms with Gasteiger partial charge in [0, 0.05) is 12.5 Å². The van der Waals surface area contributed by atoms with Crippen LogP contribution in [0.2, 0.25) is 0 Å². The van der Waals surface area contributed by atoms with Gasteiger partial charge in [0.1, 0.15) is 4.75 Å². The molecule has 0 aromatic carbocycles. The topological polar surface area (TPSA) is 55.5 Å². The molecule has 2 unspecified atom stereocenters. The first kappa shape index (κ1) is 6.22. The number of rotatable bonds is 1. The zero-order valence-electron chi connectivity index (χ0n) is 5.41. The quantitative estimate of drug-likeness (QED) is 0.581. The van der Waals surface area contributed by atoms with Crippen LogP contribution in [0.25, 0.3) is 0 Å². The number of hydrogen-bond acceptors (Lipinski definition) is 3. The number of amides is 1. The second-order valence-electron chi connectivity index (χ2n) is 2.74. The molecule has 1 aliphatic heterocycles. The van der Waals surface area contributed by atoms with Gasteiger partial charge in [-0.05, 0) is 6.42 Å². The minimum absolute atomic E-state index is 0.173. The molecule has 0 bridgehead atoms. The lowest BCUT2D eigenvalue weighted by Crippen LogP contribution is -2.31. The van der Waals surface area contributed by atoms with Crippen LogP contribution in [-0.4, -0.2) is 22.7 Å². The van der Waals surface area contributed by atoms with Crippen molar-refractivity contribution in [2.24, 2.45) is 16.6 Å². The number of nitrogens with two attached hydrogens (primary N) is 1. The lowest BCUT2D eigenvalue weighted by atomic mass is 10.3. The number of primary amides is 1. The Labute approximate surface area is 63.1 Å². The molecule has 2 aliphatic rings. The average Bonchev–Trinajstić information content (AvgIpc) is 2.61. The third-order valence-electron chi connectivity index (χ3n) is 2.13. The summed E-state index contributed by atoms with van der Waals surface area (Å²) < 4.78 is -0.248. The Bertz CT molecular complexity index is 216. The second-order valence-corrected chi connectivity index (χ2v) is 3.92. The van der Waals surface area contributed by atoms with Crippen LogP contribution in [0.5, 0.6) is 0 Å². The summed E-state index contributed by atoms with van der Waals surface area (Å²) in [4.78, 5) is 14.9. The summed E-state index contributed by atoms with van der Waals surface area (Å²) in [7, 11) is 0. The van der Waals surface area contributed by atoms with E-state index in [0.717, 1.165) is 13.0 Å². The van der Waals surface area contributed by atoms with Gasteiger partial charge < -0.3 is 5.73 Å². The lowest BCUT2D eigenvalue weighted by Gasteiger charge is -2.11. The molecule has 3 nitrogen and oxygen atoms in total. The Kier molecular flexibility index (Phi) is 1.09. The second kappa shape index (κ2) is 1.75. The summed E-state index contributed by atoms with van der Waals surface area (Å²) in [6.45, 7) is 0.788. The van der Waals surface area contributed by atoms with Gasteiger partial charge in [0.25, 0.3) is 0 Å². The maximum absolute atomic E-state index is 10.9. The maximum atomic E-state index is 10.9. The third-order valence-corrected chi connectivity index (χ3v) is 3.51. The van der Waals surface area contributed by atoms with E-state index in [4.69, 9.17) is 5.73 Å². The number of thioether (sulfide) groups is 1.